The zero-order valence-electron chi connectivity index (χ0n) is 11.2. The molecule has 0 saturated carbocycles. The zero-order chi connectivity index (χ0) is 15.4. The predicted molar refractivity (Wildman–Crippen MR) is 81.5 cm³/mol. The second-order valence-corrected chi connectivity index (χ2v) is 4.59. The van der Waals surface area contributed by atoms with Crippen LogP contribution in [-0.2, 0) is 0 Å². The Morgan fingerprint density at radius 1 is 1.38 bits per heavy atom. The van der Waals surface area contributed by atoms with Crippen molar-refractivity contribution in [2.45, 2.75) is 0 Å². The number of methoxy groups -OCH3 is 1. The highest BCUT2D eigenvalue weighted by Crippen LogP contribution is 2.28. The van der Waals surface area contributed by atoms with E-state index in [2.05, 4.69) is 5.32 Å². The van der Waals surface area contributed by atoms with E-state index in [0.29, 0.717) is 22.7 Å². The smallest absolute Gasteiger partial charge is 0.261 e. The largest absolute Gasteiger partial charge is 0.496 e. The molecule has 0 aromatic heterocycles. The van der Waals surface area contributed by atoms with Crippen LogP contribution in [0.1, 0.15) is 15.9 Å². The fraction of sp³-hybridized carbons (Fsp3) is 0.0667. The number of nitrogens with zero attached hydrogens (tertiary/aromatic N) is 1. The van der Waals surface area contributed by atoms with E-state index in [1.165, 1.54) is 13.2 Å². The van der Waals surface area contributed by atoms with E-state index in [-0.39, 0.29) is 10.6 Å². The lowest BCUT2D eigenvalue weighted by Gasteiger charge is -2.12. The number of anilines is 2. The Balaban J connectivity index is 2.33. The van der Waals surface area contributed by atoms with Gasteiger partial charge in [0.1, 0.15) is 11.3 Å². The highest BCUT2D eigenvalue weighted by Gasteiger charge is 2.17. The van der Waals surface area contributed by atoms with Crippen LogP contribution < -0.4 is 15.8 Å². The number of nitrogens with one attached hydrogen (secondary N) is 1. The standard InChI is InChI=1S/C15H12ClN3O2/c1-21-13-4-2-3-11(18)14(13)15(20)19-12-6-5-9(8-17)7-10(12)16/h2-7H,18H2,1H3,(H,19,20). The Bertz CT molecular complexity index is 738. The van der Waals surface area contributed by atoms with Crippen LogP contribution in [-0.4, -0.2) is 13.0 Å². The average Bonchev–Trinajstić information content (AvgIpc) is 2.48. The molecule has 2 rings (SSSR count). The van der Waals surface area contributed by atoms with Crippen LogP contribution in [0.3, 0.4) is 0 Å². The number of amides is 1. The van der Waals surface area contributed by atoms with Gasteiger partial charge in [-0.05, 0) is 30.3 Å². The maximum absolute atomic E-state index is 12.3. The molecule has 106 valence electrons. The van der Waals surface area contributed by atoms with Crippen molar-refractivity contribution >= 4 is 28.9 Å². The molecule has 0 aliphatic carbocycles. The molecular formula is C15H12ClN3O2. The average molecular weight is 302 g/mol. The van der Waals surface area contributed by atoms with Crippen LogP contribution in [0.25, 0.3) is 0 Å². The number of halogens is 1. The molecule has 21 heavy (non-hydrogen) atoms. The molecule has 2 aromatic rings. The van der Waals surface area contributed by atoms with Gasteiger partial charge >= 0.3 is 0 Å². The number of ether oxygens (including phenoxy) is 1. The summed E-state index contributed by atoms with van der Waals surface area (Å²) in [5.74, 6) is -0.0613. The van der Waals surface area contributed by atoms with Crippen LogP contribution in [0.15, 0.2) is 36.4 Å². The fourth-order valence-electron chi connectivity index (χ4n) is 1.83. The van der Waals surface area contributed by atoms with Crippen LogP contribution in [0.2, 0.25) is 5.02 Å². The van der Waals surface area contributed by atoms with Gasteiger partial charge in [0.2, 0.25) is 0 Å². The summed E-state index contributed by atoms with van der Waals surface area (Å²) in [5.41, 5.74) is 7.16. The number of carbonyl (C=O) groups is 1. The number of nitrogens with two attached hydrogens (primary N) is 1. The Morgan fingerprint density at radius 2 is 2.14 bits per heavy atom. The second kappa shape index (κ2) is 6.16. The Labute approximate surface area is 126 Å². The van der Waals surface area contributed by atoms with Gasteiger partial charge in [0.15, 0.2) is 0 Å². The van der Waals surface area contributed by atoms with Gasteiger partial charge in [0, 0.05) is 5.69 Å². The lowest BCUT2D eigenvalue weighted by Crippen LogP contribution is -2.15. The molecule has 0 unspecified atom stereocenters. The minimum atomic E-state index is -0.434. The zero-order valence-corrected chi connectivity index (χ0v) is 11.9. The van der Waals surface area contributed by atoms with Gasteiger partial charge in [0.25, 0.3) is 5.91 Å². The number of nitrogen functional groups attached to an aromatic ring is 1. The molecule has 0 heterocycles. The summed E-state index contributed by atoms with van der Waals surface area (Å²) < 4.78 is 5.13. The molecule has 1 amide bonds. The molecule has 0 atom stereocenters. The molecule has 0 radical (unpaired) electrons. The van der Waals surface area contributed by atoms with Crippen molar-refractivity contribution in [1.82, 2.24) is 0 Å². The summed E-state index contributed by atoms with van der Waals surface area (Å²) in [6.45, 7) is 0. The van der Waals surface area contributed by atoms with Gasteiger partial charge in [-0.3, -0.25) is 4.79 Å². The number of benzene rings is 2. The third kappa shape index (κ3) is 3.07. The van der Waals surface area contributed by atoms with E-state index in [1.54, 1.807) is 30.3 Å². The normalized spacial score (nSPS) is 9.76. The fourth-order valence-corrected chi connectivity index (χ4v) is 2.06. The quantitative estimate of drug-likeness (QED) is 0.853. The van der Waals surface area contributed by atoms with Crippen molar-refractivity contribution in [2.75, 3.05) is 18.2 Å². The van der Waals surface area contributed by atoms with Crippen LogP contribution >= 0.6 is 11.6 Å². The first kappa shape index (κ1) is 14.7. The number of carbonyl (C=O) groups excluding carboxylic acids is 1. The van der Waals surface area contributed by atoms with Gasteiger partial charge in [-0.2, -0.15) is 5.26 Å². The van der Waals surface area contributed by atoms with Crippen molar-refractivity contribution in [1.29, 1.82) is 5.26 Å². The highest BCUT2D eigenvalue weighted by molar-refractivity contribution is 6.34. The maximum atomic E-state index is 12.3. The Morgan fingerprint density at radius 3 is 2.76 bits per heavy atom. The van der Waals surface area contributed by atoms with Gasteiger partial charge < -0.3 is 15.8 Å². The van der Waals surface area contributed by atoms with Crippen molar-refractivity contribution in [3.05, 3.63) is 52.5 Å². The first-order valence-electron chi connectivity index (χ1n) is 6.00. The molecule has 5 nitrogen and oxygen atoms in total. The van der Waals surface area contributed by atoms with Crippen molar-refractivity contribution < 1.29 is 9.53 Å². The molecule has 2 aromatic carbocycles. The van der Waals surface area contributed by atoms with Gasteiger partial charge in [-0.15, -0.1) is 0 Å². The van der Waals surface area contributed by atoms with E-state index in [9.17, 15) is 4.79 Å². The van der Waals surface area contributed by atoms with E-state index in [0.717, 1.165) is 0 Å². The van der Waals surface area contributed by atoms with Gasteiger partial charge in [-0.25, -0.2) is 0 Å². The summed E-state index contributed by atoms with van der Waals surface area (Å²) in [6.07, 6.45) is 0. The van der Waals surface area contributed by atoms with Crippen molar-refractivity contribution in [2.24, 2.45) is 0 Å². The van der Waals surface area contributed by atoms with Crippen molar-refractivity contribution in [3.63, 3.8) is 0 Å². The molecule has 0 saturated heterocycles. The first-order chi connectivity index (χ1) is 10.1. The number of hydrogen-bond acceptors (Lipinski definition) is 4. The second-order valence-electron chi connectivity index (χ2n) is 4.19. The van der Waals surface area contributed by atoms with Crippen LogP contribution in [0.4, 0.5) is 11.4 Å². The van der Waals surface area contributed by atoms with E-state index in [4.69, 9.17) is 27.3 Å². The first-order valence-corrected chi connectivity index (χ1v) is 6.38. The number of hydrogen-bond donors (Lipinski definition) is 2. The molecule has 0 aliphatic rings. The molecule has 0 bridgehead atoms. The summed E-state index contributed by atoms with van der Waals surface area (Å²) in [6, 6.07) is 11.5. The molecular weight excluding hydrogens is 290 g/mol. The molecule has 3 N–H and O–H groups in total. The lowest BCUT2D eigenvalue weighted by atomic mass is 10.1. The Hall–Kier alpha value is -2.71. The lowest BCUT2D eigenvalue weighted by molar-refractivity contribution is 0.102. The summed E-state index contributed by atoms with van der Waals surface area (Å²) in [4.78, 5) is 12.3. The minimum Gasteiger partial charge on any atom is -0.496 e. The topological polar surface area (TPSA) is 88.1 Å². The van der Waals surface area contributed by atoms with Crippen molar-refractivity contribution in [3.8, 4) is 11.8 Å². The van der Waals surface area contributed by atoms with Crippen LogP contribution in [0.5, 0.6) is 5.75 Å². The summed E-state index contributed by atoms with van der Waals surface area (Å²) >= 11 is 6.02. The van der Waals surface area contributed by atoms with Crippen LogP contribution in [0, 0.1) is 11.3 Å². The SMILES string of the molecule is COc1cccc(N)c1C(=O)Nc1ccc(C#N)cc1Cl. The molecule has 0 aliphatic heterocycles. The minimum absolute atomic E-state index is 0.237. The van der Waals surface area contributed by atoms with E-state index >= 15 is 0 Å². The highest BCUT2D eigenvalue weighted by atomic mass is 35.5. The molecule has 0 spiro atoms. The van der Waals surface area contributed by atoms with Gasteiger partial charge in [-0.1, -0.05) is 17.7 Å². The predicted octanol–water partition coefficient (Wildman–Crippen LogP) is 3.05. The maximum Gasteiger partial charge on any atom is 0.261 e. The third-order valence-corrected chi connectivity index (χ3v) is 3.16. The molecule has 6 heteroatoms. The third-order valence-electron chi connectivity index (χ3n) is 2.85. The monoisotopic (exact) mass is 301 g/mol. The van der Waals surface area contributed by atoms with E-state index in [1.807, 2.05) is 6.07 Å². The Kier molecular flexibility index (Phi) is 4.31. The molecule has 0 fully saturated rings. The number of nitriles is 1. The summed E-state index contributed by atoms with van der Waals surface area (Å²) in [7, 11) is 1.46. The summed E-state index contributed by atoms with van der Waals surface area (Å²) in [5, 5.41) is 11.7. The van der Waals surface area contributed by atoms with Gasteiger partial charge in [0.05, 0.1) is 29.5 Å². The van der Waals surface area contributed by atoms with E-state index < -0.39 is 5.91 Å². The number of rotatable bonds is 3.